The molecule has 1 aliphatic carbocycles. The molecule has 0 amide bonds. The van der Waals surface area contributed by atoms with Gasteiger partial charge in [0.1, 0.15) is 5.60 Å². The number of nitrogens with zero attached hydrogens (tertiary/aromatic N) is 1. The third kappa shape index (κ3) is 5.48. The van der Waals surface area contributed by atoms with E-state index in [0.717, 1.165) is 47.5 Å². The van der Waals surface area contributed by atoms with Gasteiger partial charge in [-0.05, 0) is 75.9 Å². The Bertz CT molecular complexity index is 1070. The lowest BCUT2D eigenvalue weighted by Gasteiger charge is -2.37. The molecule has 0 fully saturated rings. The van der Waals surface area contributed by atoms with Crippen LogP contribution in [0.25, 0.3) is 0 Å². The summed E-state index contributed by atoms with van der Waals surface area (Å²) in [6.07, 6.45) is 3.12. The van der Waals surface area contributed by atoms with Crippen molar-refractivity contribution in [3.8, 4) is 5.88 Å². The molecule has 34 heavy (non-hydrogen) atoms. The molecule has 0 saturated carbocycles. The first-order valence-corrected chi connectivity index (χ1v) is 15.3. The first kappa shape index (κ1) is 26.3. The van der Waals surface area contributed by atoms with E-state index >= 15 is 0 Å². The van der Waals surface area contributed by atoms with Crippen molar-refractivity contribution in [2.45, 2.75) is 104 Å². The van der Waals surface area contributed by atoms with Crippen molar-refractivity contribution in [3.63, 3.8) is 0 Å². The summed E-state index contributed by atoms with van der Waals surface area (Å²) < 4.78 is 14.6. The van der Waals surface area contributed by atoms with Crippen LogP contribution in [0, 0.1) is 0 Å². The predicted molar refractivity (Wildman–Crippen MR) is 140 cm³/mol. The summed E-state index contributed by atoms with van der Waals surface area (Å²) in [6.45, 7) is 19.5. The van der Waals surface area contributed by atoms with Gasteiger partial charge in [-0.3, -0.25) is 4.79 Å². The summed E-state index contributed by atoms with van der Waals surface area (Å²) >= 11 is 0. The number of Topliss-reactive ketones (excluding diaryl/α,β-unsaturated/α-hetero) is 1. The number of fused-ring (bicyclic) bond motifs is 1. The zero-order valence-corrected chi connectivity index (χ0v) is 23.4. The molecule has 1 aromatic carbocycles. The number of ether oxygens (including phenoxy) is 1. The molecule has 0 saturated heterocycles. The molecule has 0 bridgehead atoms. The maximum absolute atomic E-state index is 13.0. The van der Waals surface area contributed by atoms with Gasteiger partial charge in [-0.15, -0.1) is 0 Å². The molecular formula is C28H41NO4Si. The summed E-state index contributed by atoms with van der Waals surface area (Å²) in [4.78, 5) is 25.4. The van der Waals surface area contributed by atoms with Crippen LogP contribution >= 0.6 is 0 Å². The van der Waals surface area contributed by atoms with Crippen LogP contribution in [0.5, 0.6) is 5.88 Å². The van der Waals surface area contributed by atoms with Crippen LogP contribution in [0.2, 0.25) is 18.1 Å². The predicted octanol–water partition coefficient (Wildman–Crippen LogP) is 6.96. The number of rotatable bonds is 6. The van der Waals surface area contributed by atoms with E-state index in [1.54, 1.807) is 0 Å². The monoisotopic (exact) mass is 483 g/mol. The lowest BCUT2D eigenvalue weighted by Crippen LogP contribution is -2.44. The van der Waals surface area contributed by atoms with E-state index in [1.807, 2.05) is 45.0 Å². The van der Waals surface area contributed by atoms with E-state index in [1.165, 1.54) is 0 Å². The zero-order valence-electron chi connectivity index (χ0n) is 22.4. The standard InChI is InChI=1S/C28H41NO4Si/c1-10-21-24-22(12-11-13-23(24)30)29(25(21)33-34(8,9)28(5,6)7)18-19-14-16-20(17-15-19)26(31)32-27(2,3)4/h14-17H,10-13,18H2,1-9H3. The number of ketones is 1. The van der Waals surface area contributed by atoms with Gasteiger partial charge in [0.2, 0.25) is 0 Å². The Morgan fingerprint density at radius 2 is 1.65 bits per heavy atom. The Kier molecular flexibility index (Phi) is 7.23. The second-order valence-corrected chi connectivity index (χ2v) is 16.6. The van der Waals surface area contributed by atoms with Crippen LogP contribution in [-0.2, 0) is 24.1 Å². The molecule has 0 aliphatic heterocycles. The number of hydrogen-bond donors (Lipinski definition) is 0. The van der Waals surface area contributed by atoms with Gasteiger partial charge in [-0.25, -0.2) is 4.79 Å². The summed E-state index contributed by atoms with van der Waals surface area (Å²) in [6, 6.07) is 7.58. The Morgan fingerprint density at radius 3 is 2.18 bits per heavy atom. The van der Waals surface area contributed by atoms with Crippen molar-refractivity contribution < 1.29 is 18.8 Å². The Labute approximate surface area is 206 Å². The van der Waals surface area contributed by atoms with Gasteiger partial charge in [0.15, 0.2) is 11.7 Å². The highest BCUT2D eigenvalue weighted by molar-refractivity contribution is 6.74. The summed E-state index contributed by atoms with van der Waals surface area (Å²) in [7, 11) is -2.12. The number of carbonyl (C=O) groups excluding carboxylic acids is 2. The van der Waals surface area contributed by atoms with E-state index in [-0.39, 0.29) is 16.8 Å². The van der Waals surface area contributed by atoms with Crippen molar-refractivity contribution >= 4 is 20.1 Å². The molecule has 186 valence electrons. The lowest BCUT2D eigenvalue weighted by atomic mass is 9.93. The molecule has 1 aliphatic rings. The number of carbonyl (C=O) groups is 2. The van der Waals surface area contributed by atoms with E-state index in [2.05, 4.69) is 45.4 Å². The van der Waals surface area contributed by atoms with Crippen LogP contribution in [-0.4, -0.2) is 30.2 Å². The average Bonchev–Trinajstić information content (AvgIpc) is 2.99. The maximum Gasteiger partial charge on any atom is 0.338 e. The average molecular weight is 484 g/mol. The third-order valence-electron chi connectivity index (χ3n) is 6.96. The van der Waals surface area contributed by atoms with Gasteiger partial charge >= 0.3 is 5.97 Å². The highest BCUT2D eigenvalue weighted by atomic mass is 28.4. The quantitative estimate of drug-likeness (QED) is 0.329. The summed E-state index contributed by atoms with van der Waals surface area (Å²) in [5.74, 6) is 0.779. The van der Waals surface area contributed by atoms with Gasteiger partial charge in [0.25, 0.3) is 8.32 Å². The summed E-state index contributed by atoms with van der Waals surface area (Å²) in [5.41, 5.74) is 4.10. The van der Waals surface area contributed by atoms with Crippen LogP contribution in [0.4, 0.5) is 0 Å². The molecule has 1 aromatic heterocycles. The summed E-state index contributed by atoms with van der Waals surface area (Å²) in [5, 5.41) is 0.0483. The molecule has 3 rings (SSSR count). The van der Waals surface area contributed by atoms with Crippen molar-refractivity contribution in [2.24, 2.45) is 0 Å². The second kappa shape index (κ2) is 9.37. The van der Waals surface area contributed by atoms with Gasteiger partial charge < -0.3 is 13.7 Å². The Balaban J connectivity index is 2.02. The van der Waals surface area contributed by atoms with Crippen molar-refractivity contribution in [1.82, 2.24) is 4.57 Å². The molecule has 0 spiro atoms. The minimum absolute atomic E-state index is 0.0483. The molecule has 0 unspecified atom stereocenters. The lowest BCUT2D eigenvalue weighted by molar-refractivity contribution is 0.00694. The normalized spacial score (nSPS) is 14.7. The van der Waals surface area contributed by atoms with Crippen LogP contribution in [0.1, 0.15) is 98.8 Å². The van der Waals surface area contributed by atoms with Crippen molar-refractivity contribution in [3.05, 3.63) is 52.2 Å². The SMILES string of the molecule is CCc1c2c(n(Cc3ccc(C(=O)OC(C)(C)C)cc3)c1O[Si](C)(C)C(C)(C)C)CCCC2=O. The van der Waals surface area contributed by atoms with Gasteiger partial charge in [-0.1, -0.05) is 39.8 Å². The first-order valence-electron chi connectivity index (χ1n) is 12.4. The van der Waals surface area contributed by atoms with Crippen LogP contribution in [0.15, 0.2) is 24.3 Å². The van der Waals surface area contributed by atoms with Gasteiger partial charge in [0.05, 0.1) is 12.1 Å². The van der Waals surface area contributed by atoms with E-state index in [0.29, 0.717) is 18.5 Å². The molecule has 2 aromatic rings. The highest BCUT2D eigenvalue weighted by Gasteiger charge is 2.41. The smallest absolute Gasteiger partial charge is 0.338 e. The van der Waals surface area contributed by atoms with Crippen LogP contribution in [0.3, 0.4) is 0 Å². The first-order chi connectivity index (χ1) is 15.6. The number of hydrogen-bond acceptors (Lipinski definition) is 4. The molecule has 6 heteroatoms. The largest absolute Gasteiger partial charge is 0.532 e. The molecule has 5 nitrogen and oxygen atoms in total. The fraction of sp³-hybridized carbons (Fsp3) is 0.571. The minimum Gasteiger partial charge on any atom is -0.532 e. The zero-order chi connectivity index (χ0) is 25.5. The number of esters is 1. The van der Waals surface area contributed by atoms with E-state index < -0.39 is 13.9 Å². The third-order valence-corrected chi connectivity index (χ3v) is 11.3. The Hall–Kier alpha value is -2.34. The van der Waals surface area contributed by atoms with Gasteiger partial charge in [-0.2, -0.15) is 0 Å². The van der Waals surface area contributed by atoms with Crippen molar-refractivity contribution in [2.75, 3.05) is 0 Å². The second-order valence-electron chi connectivity index (χ2n) is 11.9. The van der Waals surface area contributed by atoms with Crippen molar-refractivity contribution in [1.29, 1.82) is 0 Å². The maximum atomic E-state index is 13.0. The number of benzene rings is 1. The molecule has 0 atom stereocenters. The Morgan fingerprint density at radius 1 is 1.03 bits per heavy atom. The number of aromatic nitrogens is 1. The molecule has 1 heterocycles. The molecular weight excluding hydrogens is 442 g/mol. The minimum atomic E-state index is -2.12. The fourth-order valence-corrected chi connectivity index (χ4v) is 5.13. The highest BCUT2D eigenvalue weighted by Crippen LogP contribution is 2.42. The fourth-order valence-electron chi connectivity index (χ4n) is 4.10. The topological polar surface area (TPSA) is 57.5 Å². The molecule has 0 radical (unpaired) electrons. The molecule has 0 N–H and O–H groups in total. The van der Waals surface area contributed by atoms with E-state index in [4.69, 9.17) is 9.16 Å². The van der Waals surface area contributed by atoms with Gasteiger partial charge in [0, 0.05) is 23.2 Å². The van der Waals surface area contributed by atoms with Crippen LogP contribution < -0.4 is 4.43 Å². The van der Waals surface area contributed by atoms with E-state index in [9.17, 15) is 9.59 Å².